The van der Waals surface area contributed by atoms with Crippen molar-refractivity contribution in [2.24, 2.45) is 0 Å². The lowest BCUT2D eigenvalue weighted by atomic mass is 9.97. The number of benzene rings is 1. The molecule has 0 spiro atoms. The highest BCUT2D eigenvalue weighted by Gasteiger charge is 2.47. The van der Waals surface area contributed by atoms with Crippen LogP contribution in [0.2, 0.25) is 10.0 Å². The van der Waals surface area contributed by atoms with Crippen molar-refractivity contribution in [2.75, 3.05) is 5.32 Å². The summed E-state index contributed by atoms with van der Waals surface area (Å²) in [4.78, 5) is 12.5. The number of carbonyl (C=O) groups excluding carboxylic acids is 1. The molecule has 0 radical (unpaired) electrons. The van der Waals surface area contributed by atoms with Crippen molar-refractivity contribution in [3.05, 3.63) is 45.6 Å². The summed E-state index contributed by atoms with van der Waals surface area (Å²) in [5, 5.41) is 10.5. The second-order valence-corrected chi connectivity index (χ2v) is 8.29. The van der Waals surface area contributed by atoms with Gasteiger partial charge in [0, 0.05) is 18.5 Å². The number of nitrogens with one attached hydrogen (secondary N) is 2. The molecule has 1 aromatic carbocycles. The highest BCUT2D eigenvalue weighted by atomic mass is 35.5. The summed E-state index contributed by atoms with van der Waals surface area (Å²) in [6.45, 7) is 0. The fourth-order valence-electron chi connectivity index (χ4n) is 3.96. The van der Waals surface area contributed by atoms with Crippen LogP contribution in [0, 0.1) is 0 Å². The van der Waals surface area contributed by atoms with Crippen molar-refractivity contribution in [3.63, 3.8) is 0 Å². The molecule has 0 saturated heterocycles. The molecule has 2 heterocycles. The molecule has 0 unspecified atom stereocenters. The molecule has 1 amide bonds. The number of rotatable bonds is 3. The van der Waals surface area contributed by atoms with Gasteiger partial charge in [-0.2, -0.15) is 18.3 Å². The Kier molecular flexibility index (Phi) is 5.42. The van der Waals surface area contributed by atoms with E-state index in [1.807, 2.05) is 0 Å². The highest BCUT2D eigenvalue weighted by Crippen LogP contribution is 2.44. The Balaban J connectivity index is 1.63. The predicted octanol–water partition coefficient (Wildman–Crippen LogP) is 5.52. The molecule has 0 bridgehead atoms. The fraction of sp³-hybridized carbons (Fsp3) is 0.474. The molecule has 1 aliphatic heterocycles. The van der Waals surface area contributed by atoms with Crippen LogP contribution in [0.25, 0.3) is 0 Å². The second kappa shape index (κ2) is 7.72. The van der Waals surface area contributed by atoms with Gasteiger partial charge >= 0.3 is 6.18 Å². The Hall–Kier alpha value is -1.93. The molecule has 1 aromatic heterocycles. The minimum absolute atomic E-state index is 0.0246. The Morgan fingerprint density at radius 1 is 1.17 bits per heavy atom. The zero-order valence-corrected chi connectivity index (χ0v) is 16.8. The first-order valence-corrected chi connectivity index (χ1v) is 10.2. The quantitative estimate of drug-likeness (QED) is 0.651. The first-order valence-electron chi connectivity index (χ1n) is 9.41. The number of hydrogen-bond donors (Lipinski definition) is 2. The van der Waals surface area contributed by atoms with Gasteiger partial charge in [0.15, 0.2) is 11.7 Å². The molecule has 5 nitrogen and oxygen atoms in total. The molecule has 2 atom stereocenters. The maximum absolute atomic E-state index is 13.8. The smallest absolute Gasteiger partial charge is 0.363 e. The van der Waals surface area contributed by atoms with Crippen LogP contribution in [-0.4, -0.2) is 27.9 Å². The van der Waals surface area contributed by atoms with Gasteiger partial charge in [-0.3, -0.25) is 4.79 Å². The highest BCUT2D eigenvalue weighted by molar-refractivity contribution is 6.42. The van der Waals surface area contributed by atoms with E-state index in [1.165, 1.54) is 6.07 Å². The summed E-state index contributed by atoms with van der Waals surface area (Å²) in [6, 6.07) is 3.66. The van der Waals surface area contributed by atoms with Crippen molar-refractivity contribution < 1.29 is 18.0 Å². The number of alkyl halides is 3. The first kappa shape index (κ1) is 20.3. The number of halogens is 5. The maximum atomic E-state index is 13.8. The molecule has 2 N–H and O–H groups in total. The van der Waals surface area contributed by atoms with Gasteiger partial charge in [-0.25, -0.2) is 4.68 Å². The number of amides is 1. The fourth-order valence-corrected chi connectivity index (χ4v) is 4.27. The van der Waals surface area contributed by atoms with Crippen LogP contribution in [0.5, 0.6) is 0 Å². The van der Waals surface area contributed by atoms with Gasteiger partial charge in [0.05, 0.1) is 16.1 Å². The lowest BCUT2D eigenvalue weighted by Gasteiger charge is -2.33. The van der Waals surface area contributed by atoms with Crippen molar-refractivity contribution in [3.8, 4) is 0 Å². The number of nitrogens with zero attached hydrogens (tertiary/aromatic N) is 2. The van der Waals surface area contributed by atoms with E-state index < -0.39 is 24.2 Å². The van der Waals surface area contributed by atoms with Crippen molar-refractivity contribution in [1.29, 1.82) is 0 Å². The Morgan fingerprint density at radius 3 is 2.55 bits per heavy atom. The van der Waals surface area contributed by atoms with Gasteiger partial charge in [-0.15, -0.1) is 0 Å². The summed E-state index contributed by atoms with van der Waals surface area (Å²) in [6.07, 6.45) is -0.970. The van der Waals surface area contributed by atoms with Crippen molar-refractivity contribution in [1.82, 2.24) is 15.1 Å². The predicted molar refractivity (Wildman–Crippen MR) is 104 cm³/mol. The minimum atomic E-state index is -4.52. The molecule has 10 heteroatoms. The average molecular weight is 447 g/mol. The van der Waals surface area contributed by atoms with Crippen molar-refractivity contribution >= 4 is 34.9 Å². The molecule has 1 aliphatic carbocycles. The van der Waals surface area contributed by atoms with Gasteiger partial charge in [0.1, 0.15) is 5.82 Å². The first-order chi connectivity index (χ1) is 13.7. The zero-order chi connectivity index (χ0) is 20.8. The van der Waals surface area contributed by atoms with Gasteiger partial charge in [0.2, 0.25) is 0 Å². The number of carbonyl (C=O) groups is 1. The van der Waals surface area contributed by atoms with Gasteiger partial charge in [0.25, 0.3) is 5.91 Å². The lowest BCUT2D eigenvalue weighted by Crippen LogP contribution is -2.36. The van der Waals surface area contributed by atoms with E-state index in [0.717, 1.165) is 30.4 Å². The van der Waals surface area contributed by atoms with E-state index in [2.05, 4.69) is 15.7 Å². The maximum Gasteiger partial charge on any atom is 0.410 e. The Morgan fingerprint density at radius 2 is 1.90 bits per heavy atom. The van der Waals surface area contributed by atoms with Crippen LogP contribution in [0.4, 0.5) is 19.0 Å². The van der Waals surface area contributed by atoms with E-state index in [9.17, 15) is 18.0 Å². The third-order valence-corrected chi connectivity index (χ3v) is 6.20. The molecule has 4 rings (SSSR count). The monoisotopic (exact) mass is 446 g/mol. The number of hydrogen-bond acceptors (Lipinski definition) is 3. The van der Waals surface area contributed by atoms with Crippen LogP contribution >= 0.6 is 23.2 Å². The minimum Gasteiger partial charge on any atom is -0.363 e. The summed E-state index contributed by atoms with van der Waals surface area (Å²) >= 11 is 12.0. The number of anilines is 1. The number of aromatic nitrogens is 2. The third kappa shape index (κ3) is 4.19. The molecule has 2 aromatic rings. The topological polar surface area (TPSA) is 59.0 Å². The molecular weight excluding hydrogens is 428 g/mol. The van der Waals surface area contributed by atoms with Gasteiger partial charge in [-0.05, 0) is 30.5 Å². The zero-order valence-electron chi connectivity index (χ0n) is 15.3. The van der Waals surface area contributed by atoms with Crippen LogP contribution in [0.15, 0.2) is 24.3 Å². The van der Waals surface area contributed by atoms with Crippen LogP contribution < -0.4 is 10.6 Å². The number of fused-ring (bicyclic) bond motifs is 1. The van der Waals surface area contributed by atoms with E-state index in [-0.39, 0.29) is 29.0 Å². The largest absolute Gasteiger partial charge is 0.410 e. The average Bonchev–Trinajstić information content (AvgIpc) is 3.31. The van der Waals surface area contributed by atoms with E-state index in [1.54, 1.807) is 18.2 Å². The van der Waals surface area contributed by atoms with E-state index in [0.29, 0.717) is 10.6 Å². The summed E-state index contributed by atoms with van der Waals surface area (Å²) in [5.41, 5.74) is 0.557. The lowest BCUT2D eigenvalue weighted by molar-refractivity contribution is -0.173. The van der Waals surface area contributed by atoms with E-state index in [4.69, 9.17) is 23.2 Å². The molecule has 1 saturated carbocycles. The molecule has 156 valence electrons. The Bertz CT molecular complexity index is 925. The van der Waals surface area contributed by atoms with Crippen LogP contribution in [0.1, 0.15) is 60.2 Å². The summed E-state index contributed by atoms with van der Waals surface area (Å²) < 4.78 is 42.1. The van der Waals surface area contributed by atoms with Gasteiger partial charge in [-0.1, -0.05) is 42.1 Å². The van der Waals surface area contributed by atoms with Crippen molar-refractivity contribution in [2.45, 2.75) is 56.4 Å². The van der Waals surface area contributed by atoms with Crippen LogP contribution in [0.3, 0.4) is 0 Å². The molecule has 29 heavy (non-hydrogen) atoms. The normalized spacial score (nSPS) is 22.2. The molecular formula is C19H19Cl2F3N4O. The molecule has 1 fully saturated rings. The second-order valence-electron chi connectivity index (χ2n) is 7.48. The standard InChI is InChI=1S/C19H19Cl2F3N4O/c20-12-6-5-10(7-13(12)21)14-8-16(19(22,23)24)28-17(26-14)9-15(27-28)18(29)25-11-3-1-2-4-11/h5-7,9,11,14,16,26H,1-4,8H2,(H,25,29)/t14-,16-/m1/s1. The van der Waals surface area contributed by atoms with Gasteiger partial charge < -0.3 is 10.6 Å². The SMILES string of the molecule is O=C(NC1CCCC1)c1cc2n(n1)[C@@H](C(F)(F)F)C[C@H](c1ccc(Cl)c(Cl)c1)N2. The third-order valence-electron chi connectivity index (χ3n) is 5.46. The molecule has 2 aliphatic rings. The summed E-state index contributed by atoms with van der Waals surface area (Å²) in [5.74, 6) is -0.307. The van der Waals surface area contributed by atoms with E-state index >= 15 is 0 Å². The van der Waals surface area contributed by atoms with Crippen LogP contribution in [-0.2, 0) is 0 Å². The summed E-state index contributed by atoms with van der Waals surface area (Å²) in [7, 11) is 0. The Labute approximate surface area is 175 Å².